The van der Waals surface area contributed by atoms with Crippen molar-refractivity contribution in [2.75, 3.05) is 12.4 Å². The quantitative estimate of drug-likeness (QED) is 0.504. The van der Waals surface area contributed by atoms with Gasteiger partial charge in [-0.15, -0.1) is 0 Å². The number of ether oxygens (including phenoxy) is 1. The summed E-state index contributed by atoms with van der Waals surface area (Å²) in [6.07, 6.45) is 0. The molecule has 0 atom stereocenters. The highest BCUT2D eigenvalue weighted by molar-refractivity contribution is 9.10. The van der Waals surface area contributed by atoms with Gasteiger partial charge in [-0.3, -0.25) is 10.1 Å². The minimum atomic E-state index is -0.527. The Bertz CT molecular complexity index is 666. The maximum absolute atomic E-state index is 10.8. The first-order valence-corrected chi connectivity index (χ1v) is 6.59. The lowest BCUT2D eigenvalue weighted by Gasteiger charge is -2.09. The van der Waals surface area contributed by atoms with Crippen molar-refractivity contribution in [2.24, 2.45) is 0 Å². The summed E-state index contributed by atoms with van der Waals surface area (Å²) in [6, 6.07) is 7.80. The fraction of sp³-hybridized carbons (Fsp3) is 0.0833. The number of rotatable bonds is 4. The van der Waals surface area contributed by atoms with E-state index in [2.05, 4.69) is 26.2 Å². The fourth-order valence-corrected chi connectivity index (χ4v) is 2.15. The maximum atomic E-state index is 10.8. The second-order valence-electron chi connectivity index (χ2n) is 3.76. The van der Waals surface area contributed by atoms with Crippen LogP contribution in [0.4, 0.5) is 17.2 Å². The molecule has 0 bridgehead atoms. The molecule has 0 aliphatic heterocycles. The van der Waals surface area contributed by atoms with Crippen LogP contribution in [0.25, 0.3) is 0 Å². The van der Waals surface area contributed by atoms with Crippen LogP contribution in [0.2, 0.25) is 5.15 Å². The number of hydrogen-bond donors (Lipinski definition) is 1. The molecule has 1 aromatic carbocycles. The summed E-state index contributed by atoms with van der Waals surface area (Å²) >= 11 is 9.10. The number of halogens is 2. The Morgan fingerprint density at radius 1 is 1.40 bits per heavy atom. The van der Waals surface area contributed by atoms with Crippen molar-refractivity contribution in [3.05, 3.63) is 50.1 Å². The van der Waals surface area contributed by atoms with Crippen LogP contribution in [-0.4, -0.2) is 17.0 Å². The molecule has 0 radical (unpaired) electrons. The summed E-state index contributed by atoms with van der Waals surface area (Å²) in [5.74, 6) is 0.917. The van der Waals surface area contributed by atoms with Gasteiger partial charge in [-0.2, -0.15) is 0 Å². The molecule has 8 heteroatoms. The zero-order valence-electron chi connectivity index (χ0n) is 10.3. The molecule has 0 aliphatic carbocycles. The van der Waals surface area contributed by atoms with Crippen LogP contribution in [0.5, 0.6) is 5.75 Å². The third-order valence-corrected chi connectivity index (χ3v) is 3.26. The zero-order valence-corrected chi connectivity index (χ0v) is 12.6. The van der Waals surface area contributed by atoms with Gasteiger partial charge in [0.1, 0.15) is 16.7 Å². The highest BCUT2D eigenvalue weighted by atomic mass is 79.9. The average molecular weight is 359 g/mol. The molecular formula is C12H9BrClN3O3. The molecule has 0 saturated carbocycles. The minimum absolute atomic E-state index is 0.0470. The van der Waals surface area contributed by atoms with Crippen LogP contribution in [0, 0.1) is 10.1 Å². The number of anilines is 2. The van der Waals surface area contributed by atoms with Crippen molar-refractivity contribution in [1.82, 2.24) is 4.98 Å². The van der Waals surface area contributed by atoms with E-state index in [1.54, 1.807) is 25.3 Å². The van der Waals surface area contributed by atoms with Crippen molar-refractivity contribution in [3.8, 4) is 5.75 Å². The van der Waals surface area contributed by atoms with Gasteiger partial charge >= 0.3 is 0 Å². The number of nitrogens with one attached hydrogen (secondary N) is 1. The molecule has 0 fully saturated rings. The van der Waals surface area contributed by atoms with Crippen LogP contribution in [0.15, 0.2) is 34.8 Å². The molecule has 6 nitrogen and oxygen atoms in total. The first-order chi connectivity index (χ1) is 9.49. The Balaban J connectivity index is 2.32. The van der Waals surface area contributed by atoms with Gasteiger partial charge in [-0.25, -0.2) is 4.98 Å². The fourth-order valence-electron chi connectivity index (χ4n) is 1.54. The van der Waals surface area contributed by atoms with E-state index in [4.69, 9.17) is 16.3 Å². The number of pyridine rings is 1. The summed E-state index contributed by atoms with van der Waals surface area (Å²) in [5.41, 5.74) is 0.547. The summed E-state index contributed by atoms with van der Waals surface area (Å²) in [5, 5.41) is 13.8. The van der Waals surface area contributed by atoms with E-state index in [1.165, 1.54) is 12.1 Å². The molecule has 0 unspecified atom stereocenters. The summed E-state index contributed by atoms with van der Waals surface area (Å²) in [4.78, 5) is 14.2. The van der Waals surface area contributed by atoms with Crippen LogP contribution in [0.1, 0.15) is 0 Å². The van der Waals surface area contributed by atoms with E-state index in [-0.39, 0.29) is 16.7 Å². The summed E-state index contributed by atoms with van der Waals surface area (Å²) in [6.45, 7) is 0. The van der Waals surface area contributed by atoms with Gasteiger partial charge in [0.15, 0.2) is 0 Å². The topological polar surface area (TPSA) is 77.3 Å². The van der Waals surface area contributed by atoms with E-state index < -0.39 is 4.92 Å². The second kappa shape index (κ2) is 6.06. The number of nitro groups is 1. The molecule has 2 rings (SSSR count). The van der Waals surface area contributed by atoms with Crippen LogP contribution < -0.4 is 10.1 Å². The van der Waals surface area contributed by atoms with Crippen molar-refractivity contribution in [2.45, 2.75) is 0 Å². The molecule has 2 aromatic rings. The molecule has 0 saturated heterocycles. The maximum Gasteiger partial charge on any atom is 0.276 e. The van der Waals surface area contributed by atoms with E-state index in [9.17, 15) is 10.1 Å². The number of hydrogen-bond acceptors (Lipinski definition) is 5. The van der Waals surface area contributed by atoms with Crippen LogP contribution in [-0.2, 0) is 0 Å². The van der Waals surface area contributed by atoms with E-state index in [1.807, 2.05) is 0 Å². The molecule has 1 N–H and O–H groups in total. The Hall–Kier alpha value is -1.86. The van der Waals surface area contributed by atoms with Crippen molar-refractivity contribution >= 4 is 44.7 Å². The van der Waals surface area contributed by atoms with Crippen LogP contribution >= 0.6 is 27.5 Å². The van der Waals surface area contributed by atoms with Gasteiger partial charge in [0.25, 0.3) is 5.69 Å². The molecule has 104 valence electrons. The molecule has 0 amide bonds. The lowest BCUT2D eigenvalue weighted by atomic mass is 10.3. The summed E-state index contributed by atoms with van der Waals surface area (Å²) < 4.78 is 5.97. The predicted molar refractivity (Wildman–Crippen MR) is 79.9 cm³/mol. The van der Waals surface area contributed by atoms with E-state index in [0.29, 0.717) is 11.4 Å². The molecule has 1 heterocycles. The first-order valence-electron chi connectivity index (χ1n) is 5.42. The van der Waals surface area contributed by atoms with Crippen molar-refractivity contribution in [3.63, 3.8) is 0 Å². The van der Waals surface area contributed by atoms with Crippen LogP contribution in [0.3, 0.4) is 0 Å². The predicted octanol–water partition coefficient (Wildman–Crippen LogP) is 4.16. The Morgan fingerprint density at radius 3 is 2.80 bits per heavy atom. The molecule has 20 heavy (non-hydrogen) atoms. The first kappa shape index (κ1) is 14.5. The average Bonchev–Trinajstić information content (AvgIpc) is 2.40. The van der Waals surface area contributed by atoms with Gasteiger partial charge in [-0.1, -0.05) is 11.6 Å². The Morgan fingerprint density at radius 2 is 2.15 bits per heavy atom. The highest BCUT2D eigenvalue weighted by Crippen LogP contribution is 2.30. The number of nitrogens with zero attached hydrogens (tertiary/aromatic N) is 2. The minimum Gasteiger partial charge on any atom is -0.495 e. The Kier molecular flexibility index (Phi) is 4.41. The standard InChI is InChI=1S/C12H9BrClN3O3/c1-20-10-4-7(2-3-9(10)13)15-12-6-8(17(18)19)5-11(14)16-12/h2-6H,1H3,(H,15,16). The highest BCUT2D eigenvalue weighted by Gasteiger charge is 2.11. The van der Waals surface area contributed by atoms with Crippen molar-refractivity contribution < 1.29 is 9.66 Å². The lowest BCUT2D eigenvalue weighted by Crippen LogP contribution is -1.97. The SMILES string of the molecule is COc1cc(Nc2cc([N+](=O)[O-])cc(Cl)n2)ccc1Br. The van der Waals surface area contributed by atoms with E-state index in [0.717, 1.165) is 4.47 Å². The van der Waals surface area contributed by atoms with Gasteiger partial charge < -0.3 is 10.1 Å². The normalized spacial score (nSPS) is 10.2. The largest absolute Gasteiger partial charge is 0.495 e. The second-order valence-corrected chi connectivity index (χ2v) is 5.01. The van der Waals surface area contributed by atoms with Gasteiger partial charge in [-0.05, 0) is 28.1 Å². The number of aromatic nitrogens is 1. The molecule has 1 aromatic heterocycles. The lowest BCUT2D eigenvalue weighted by molar-refractivity contribution is -0.384. The smallest absolute Gasteiger partial charge is 0.276 e. The van der Waals surface area contributed by atoms with Crippen molar-refractivity contribution in [1.29, 1.82) is 0 Å². The molecular weight excluding hydrogens is 350 g/mol. The van der Waals surface area contributed by atoms with Gasteiger partial charge in [0.2, 0.25) is 0 Å². The Labute approximate surface area is 128 Å². The number of methoxy groups -OCH3 is 1. The van der Waals surface area contributed by atoms with E-state index >= 15 is 0 Å². The zero-order chi connectivity index (χ0) is 14.7. The monoisotopic (exact) mass is 357 g/mol. The number of benzene rings is 1. The van der Waals surface area contributed by atoms with Gasteiger partial charge in [0.05, 0.1) is 28.6 Å². The third-order valence-electron chi connectivity index (χ3n) is 2.41. The van der Waals surface area contributed by atoms with Gasteiger partial charge in [0, 0.05) is 11.8 Å². The third kappa shape index (κ3) is 3.37. The summed E-state index contributed by atoms with van der Waals surface area (Å²) in [7, 11) is 1.55. The molecule has 0 aliphatic rings. The molecule has 0 spiro atoms.